The van der Waals surface area contributed by atoms with Gasteiger partial charge in [0.25, 0.3) is 0 Å². The summed E-state index contributed by atoms with van der Waals surface area (Å²) in [6.45, 7) is 0.664. The molecule has 19 heavy (non-hydrogen) atoms. The highest BCUT2D eigenvalue weighted by atomic mass is 16.5. The quantitative estimate of drug-likeness (QED) is 0.772. The van der Waals surface area contributed by atoms with E-state index in [0.717, 1.165) is 5.56 Å². The monoisotopic (exact) mass is 251 g/mol. The first kappa shape index (κ1) is 11.5. The predicted molar refractivity (Wildman–Crippen MR) is 73.5 cm³/mol. The predicted octanol–water partition coefficient (Wildman–Crippen LogP) is 3.35. The van der Waals surface area contributed by atoms with Gasteiger partial charge in [-0.25, -0.2) is 0 Å². The number of nitrogens with zero attached hydrogens (tertiary/aromatic N) is 2. The molecule has 4 heteroatoms. The molecule has 0 bridgehead atoms. The van der Waals surface area contributed by atoms with E-state index in [4.69, 9.17) is 4.52 Å². The minimum absolute atomic E-state index is 0.433. The van der Waals surface area contributed by atoms with Crippen LogP contribution in [0.15, 0.2) is 65.2 Å². The van der Waals surface area contributed by atoms with Gasteiger partial charge in [0, 0.05) is 12.1 Å². The highest BCUT2D eigenvalue weighted by Crippen LogP contribution is 2.17. The molecule has 0 radical (unpaired) electrons. The Balaban J connectivity index is 1.69. The molecule has 0 aliphatic rings. The molecule has 1 heterocycles. The summed E-state index contributed by atoms with van der Waals surface area (Å²) < 4.78 is 5.17. The summed E-state index contributed by atoms with van der Waals surface area (Å²) in [5, 5.41) is 7.06. The zero-order valence-electron chi connectivity index (χ0n) is 10.3. The molecule has 0 atom stereocenters. The van der Waals surface area contributed by atoms with Gasteiger partial charge in [0.2, 0.25) is 5.82 Å². The van der Waals surface area contributed by atoms with Crippen LogP contribution in [0.3, 0.4) is 0 Å². The van der Waals surface area contributed by atoms with Gasteiger partial charge in [0.05, 0.1) is 0 Å². The molecule has 1 N–H and O–H groups in total. The number of benzene rings is 2. The Morgan fingerprint density at radius 1 is 0.895 bits per heavy atom. The number of hydrogen-bond donors (Lipinski definition) is 1. The van der Waals surface area contributed by atoms with Crippen molar-refractivity contribution in [3.8, 4) is 11.4 Å². The van der Waals surface area contributed by atoms with Crippen LogP contribution in [0.1, 0.15) is 5.56 Å². The maximum atomic E-state index is 5.17. The van der Waals surface area contributed by atoms with E-state index in [1.807, 2.05) is 60.7 Å². The number of rotatable bonds is 4. The molecule has 94 valence electrons. The van der Waals surface area contributed by atoms with Crippen LogP contribution in [-0.4, -0.2) is 10.1 Å². The van der Waals surface area contributed by atoms with Crippen LogP contribution in [-0.2, 0) is 6.54 Å². The van der Waals surface area contributed by atoms with Crippen LogP contribution < -0.4 is 5.32 Å². The molecule has 3 aromatic rings. The molecule has 0 saturated carbocycles. The summed E-state index contributed by atoms with van der Waals surface area (Å²) >= 11 is 0. The van der Waals surface area contributed by atoms with Gasteiger partial charge in [-0.15, -0.1) is 0 Å². The molecular weight excluding hydrogens is 238 g/mol. The lowest BCUT2D eigenvalue weighted by atomic mass is 10.2. The standard InChI is InChI=1S/C15H13N3O/c1-3-7-12(8-4-1)11-16-15-17-14(18-19-15)13-9-5-2-6-10-13/h1-10H,11H2,(H,16,17,18). The molecule has 0 aliphatic carbocycles. The Morgan fingerprint density at radius 2 is 1.58 bits per heavy atom. The van der Waals surface area contributed by atoms with Crippen molar-refractivity contribution >= 4 is 6.01 Å². The summed E-state index contributed by atoms with van der Waals surface area (Å²) in [5.74, 6) is 0.594. The van der Waals surface area contributed by atoms with Crippen LogP contribution >= 0.6 is 0 Å². The second kappa shape index (κ2) is 5.35. The highest BCUT2D eigenvalue weighted by molar-refractivity contribution is 5.54. The van der Waals surface area contributed by atoms with Crippen molar-refractivity contribution < 1.29 is 4.52 Å². The fourth-order valence-corrected chi connectivity index (χ4v) is 1.77. The number of aromatic nitrogens is 2. The third-order valence-electron chi connectivity index (χ3n) is 2.74. The van der Waals surface area contributed by atoms with Crippen LogP contribution in [0.2, 0.25) is 0 Å². The topological polar surface area (TPSA) is 51.0 Å². The van der Waals surface area contributed by atoms with Gasteiger partial charge in [0.1, 0.15) is 0 Å². The Kier molecular flexibility index (Phi) is 3.23. The van der Waals surface area contributed by atoms with Gasteiger partial charge in [-0.2, -0.15) is 4.98 Å². The average molecular weight is 251 g/mol. The van der Waals surface area contributed by atoms with E-state index >= 15 is 0 Å². The lowest BCUT2D eigenvalue weighted by molar-refractivity contribution is 0.432. The van der Waals surface area contributed by atoms with Gasteiger partial charge in [-0.3, -0.25) is 0 Å². The lowest BCUT2D eigenvalue weighted by Crippen LogP contribution is -1.99. The minimum atomic E-state index is 0.433. The van der Waals surface area contributed by atoms with Crippen molar-refractivity contribution in [2.45, 2.75) is 6.54 Å². The molecule has 0 spiro atoms. The molecule has 0 unspecified atom stereocenters. The van der Waals surface area contributed by atoms with E-state index in [9.17, 15) is 0 Å². The molecular formula is C15H13N3O. The minimum Gasteiger partial charge on any atom is -0.334 e. The van der Waals surface area contributed by atoms with Crippen LogP contribution in [0, 0.1) is 0 Å². The van der Waals surface area contributed by atoms with E-state index < -0.39 is 0 Å². The molecule has 0 amide bonds. The Morgan fingerprint density at radius 3 is 2.32 bits per heavy atom. The summed E-state index contributed by atoms with van der Waals surface area (Å²) in [5.41, 5.74) is 2.11. The average Bonchev–Trinajstić information content (AvgIpc) is 2.96. The summed E-state index contributed by atoms with van der Waals surface area (Å²) in [6.07, 6.45) is 0. The number of hydrogen-bond acceptors (Lipinski definition) is 4. The van der Waals surface area contributed by atoms with E-state index in [2.05, 4.69) is 15.5 Å². The zero-order chi connectivity index (χ0) is 12.9. The first-order chi connectivity index (χ1) is 9.42. The van der Waals surface area contributed by atoms with Crippen molar-refractivity contribution in [2.24, 2.45) is 0 Å². The third-order valence-corrected chi connectivity index (χ3v) is 2.74. The Labute approximate surface area is 111 Å². The Bertz CT molecular complexity index is 635. The van der Waals surface area contributed by atoms with Gasteiger partial charge in [-0.05, 0) is 5.56 Å². The number of nitrogens with one attached hydrogen (secondary N) is 1. The normalized spacial score (nSPS) is 10.3. The van der Waals surface area contributed by atoms with Crippen molar-refractivity contribution in [1.29, 1.82) is 0 Å². The summed E-state index contributed by atoms with van der Waals surface area (Å²) in [7, 11) is 0. The second-order valence-electron chi connectivity index (χ2n) is 4.13. The second-order valence-corrected chi connectivity index (χ2v) is 4.13. The molecule has 0 saturated heterocycles. The van der Waals surface area contributed by atoms with Gasteiger partial charge >= 0.3 is 6.01 Å². The smallest absolute Gasteiger partial charge is 0.322 e. The van der Waals surface area contributed by atoms with Gasteiger partial charge < -0.3 is 9.84 Å². The Hall–Kier alpha value is -2.62. The van der Waals surface area contributed by atoms with Crippen LogP contribution in [0.4, 0.5) is 6.01 Å². The van der Waals surface area contributed by atoms with Crippen molar-refractivity contribution in [2.75, 3.05) is 5.32 Å². The number of anilines is 1. The van der Waals surface area contributed by atoms with Gasteiger partial charge in [-0.1, -0.05) is 65.8 Å². The first-order valence-electron chi connectivity index (χ1n) is 6.09. The fourth-order valence-electron chi connectivity index (χ4n) is 1.77. The van der Waals surface area contributed by atoms with E-state index in [1.54, 1.807) is 0 Å². The highest BCUT2D eigenvalue weighted by Gasteiger charge is 2.07. The van der Waals surface area contributed by atoms with Crippen molar-refractivity contribution in [1.82, 2.24) is 10.1 Å². The van der Waals surface area contributed by atoms with E-state index in [0.29, 0.717) is 18.4 Å². The van der Waals surface area contributed by atoms with Gasteiger partial charge in [0.15, 0.2) is 0 Å². The van der Waals surface area contributed by atoms with Crippen molar-refractivity contribution in [3.05, 3.63) is 66.2 Å². The summed E-state index contributed by atoms with van der Waals surface area (Å²) in [6, 6.07) is 20.3. The van der Waals surface area contributed by atoms with E-state index in [-0.39, 0.29) is 0 Å². The summed E-state index contributed by atoms with van der Waals surface area (Å²) in [4.78, 5) is 4.31. The van der Waals surface area contributed by atoms with Crippen LogP contribution in [0.25, 0.3) is 11.4 Å². The molecule has 3 rings (SSSR count). The largest absolute Gasteiger partial charge is 0.334 e. The molecule has 4 nitrogen and oxygen atoms in total. The zero-order valence-corrected chi connectivity index (χ0v) is 10.3. The maximum Gasteiger partial charge on any atom is 0.322 e. The first-order valence-corrected chi connectivity index (χ1v) is 6.09. The maximum absolute atomic E-state index is 5.17. The molecule has 2 aromatic carbocycles. The van der Waals surface area contributed by atoms with E-state index in [1.165, 1.54) is 5.56 Å². The lowest BCUT2D eigenvalue weighted by Gasteiger charge is -1.99. The third kappa shape index (κ3) is 2.80. The van der Waals surface area contributed by atoms with Crippen molar-refractivity contribution in [3.63, 3.8) is 0 Å². The SMILES string of the molecule is c1ccc(CNc2nc(-c3ccccc3)no2)cc1. The molecule has 0 fully saturated rings. The molecule has 1 aromatic heterocycles. The molecule has 0 aliphatic heterocycles. The van der Waals surface area contributed by atoms with Crippen LogP contribution in [0.5, 0.6) is 0 Å². The fraction of sp³-hybridized carbons (Fsp3) is 0.0667.